The Bertz CT molecular complexity index is 647. The van der Waals surface area contributed by atoms with Crippen LogP contribution in [0.3, 0.4) is 0 Å². The summed E-state index contributed by atoms with van der Waals surface area (Å²) in [5.41, 5.74) is 1.56. The van der Waals surface area contributed by atoms with Gasteiger partial charge >= 0.3 is 0 Å². The molecular formula is C15H10FNO2. The predicted octanol–water partition coefficient (Wildman–Crippen LogP) is 3.09. The molecule has 0 bridgehead atoms. The van der Waals surface area contributed by atoms with E-state index in [1.807, 2.05) is 6.07 Å². The van der Waals surface area contributed by atoms with Gasteiger partial charge in [-0.1, -0.05) is 12.1 Å². The summed E-state index contributed by atoms with van der Waals surface area (Å²) in [4.78, 5) is 10.6. The fourth-order valence-electron chi connectivity index (χ4n) is 1.63. The molecule has 0 radical (unpaired) electrons. The van der Waals surface area contributed by atoms with Gasteiger partial charge in [0.15, 0.2) is 0 Å². The van der Waals surface area contributed by atoms with E-state index in [1.54, 1.807) is 24.3 Å². The lowest BCUT2D eigenvalue weighted by Crippen LogP contribution is -1.97. The lowest BCUT2D eigenvalue weighted by Gasteiger charge is -2.07. The number of benzene rings is 2. The smallest absolute Gasteiger partial charge is 0.150 e. The van der Waals surface area contributed by atoms with Crippen LogP contribution < -0.4 is 4.74 Å². The Morgan fingerprint density at radius 2 is 2.11 bits per heavy atom. The van der Waals surface area contributed by atoms with E-state index in [4.69, 9.17) is 10.00 Å². The lowest BCUT2D eigenvalue weighted by atomic mass is 10.1. The van der Waals surface area contributed by atoms with E-state index >= 15 is 0 Å². The van der Waals surface area contributed by atoms with Crippen LogP contribution in [0.4, 0.5) is 4.39 Å². The molecule has 0 spiro atoms. The maximum Gasteiger partial charge on any atom is 0.150 e. The van der Waals surface area contributed by atoms with E-state index in [-0.39, 0.29) is 17.9 Å². The number of carbonyl (C=O) groups is 1. The monoisotopic (exact) mass is 255 g/mol. The molecule has 0 unspecified atom stereocenters. The third-order valence-corrected chi connectivity index (χ3v) is 2.49. The quantitative estimate of drug-likeness (QED) is 0.789. The molecule has 0 aliphatic rings. The average molecular weight is 255 g/mol. The first kappa shape index (κ1) is 12.8. The molecule has 4 heteroatoms. The number of ether oxygens (including phenoxy) is 1. The molecule has 0 aliphatic carbocycles. The van der Waals surface area contributed by atoms with Gasteiger partial charge in [-0.3, -0.25) is 4.79 Å². The number of halogens is 1. The van der Waals surface area contributed by atoms with E-state index < -0.39 is 5.82 Å². The van der Waals surface area contributed by atoms with Crippen LogP contribution in [-0.2, 0) is 6.61 Å². The second-order valence-corrected chi connectivity index (χ2v) is 3.94. The molecule has 0 fully saturated rings. The highest BCUT2D eigenvalue weighted by atomic mass is 19.1. The minimum absolute atomic E-state index is 0.206. The molecule has 0 N–H and O–H groups in total. The summed E-state index contributed by atoms with van der Waals surface area (Å²) in [7, 11) is 0. The van der Waals surface area contributed by atoms with Gasteiger partial charge in [-0.2, -0.15) is 5.26 Å². The zero-order chi connectivity index (χ0) is 13.7. The summed E-state index contributed by atoms with van der Waals surface area (Å²) in [6.45, 7) is 0.206. The topological polar surface area (TPSA) is 50.1 Å². The number of rotatable bonds is 4. The first-order valence-corrected chi connectivity index (χ1v) is 5.59. The van der Waals surface area contributed by atoms with Crippen LogP contribution in [0.2, 0.25) is 0 Å². The molecule has 0 amide bonds. The number of nitriles is 1. The molecule has 94 valence electrons. The van der Waals surface area contributed by atoms with Gasteiger partial charge in [0.1, 0.15) is 24.5 Å². The fourth-order valence-corrected chi connectivity index (χ4v) is 1.63. The minimum Gasteiger partial charge on any atom is -0.489 e. The second-order valence-electron chi connectivity index (χ2n) is 3.94. The molecule has 19 heavy (non-hydrogen) atoms. The van der Waals surface area contributed by atoms with Crippen molar-refractivity contribution >= 4 is 6.29 Å². The fraction of sp³-hybridized carbons (Fsp3) is 0.0667. The van der Waals surface area contributed by atoms with Gasteiger partial charge in [0.05, 0.1) is 11.6 Å². The number of nitrogens with zero attached hydrogens (tertiary/aromatic N) is 1. The molecule has 0 heterocycles. The minimum atomic E-state index is -0.523. The Balaban J connectivity index is 2.12. The van der Waals surface area contributed by atoms with Gasteiger partial charge < -0.3 is 4.74 Å². The molecule has 0 saturated carbocycles. The van der Waals surface area contributed by atoms with Crippen molar-refractivity contribution < 1.29 is 13.9 Å². The third kappa shape index (κ3) is 3.39. The summed E-state index contributed by atoms with van der Waals surface area (Å²) in [5, 5.41) is 8.77. The Kier molecular flexibility index (Phi) is 3.89. The Hall–Kier alpha value is -2.67. The summed E-state index contributed by atoms with van der Waals surface area (Å²) < 4.78 is 18.6. The largest absolute Gasteiger partial charge is 0.489 e. The summed E-state index contributed by atoms with van der Waals surface area (Å²) in [6, 6.07) is 12.8. The molecule has 3 nitrogen and oxygen atoms in total. The molecule has 2 aromatic carbocycles. The Morgan fingerprint density at radius 1 is 1.26 bits per heavy atom. The van der Waals surface area contributed by atoms with Crippen LogP contribution in [0.5, 0.6) is 5.75 Å². The van der Waals surface area contributed by atoms with E-state index in [0.29, 0.717) is 11.8 Å². The standard InChI is InChI=1S/C15H10FNO2/c16-14-5-13(9-18)6-15(7-14)19-10-12-3-1-2-11(4-12)8-17/h1-7,9H,10H2. The molecule has 0 aliphatic heterocycles. The van der Waals surface area contributed by atoms with E-state index in [0.717, 1.165) is 11.6 Å². The molecule has 2 rings (SSSR count). The summed E-state index contributed by atoms with van der Waals surface area (Å²) in [5.74, 6) is -0.241. The predicted molar refractivity (Wildman–Crippen MR) is 67.3 cm³/mol. The van der Waals surface area contributed by atoms with Crippen molar-refractivity contribution in [1.29, 1.82) is 5.26 Å². The number of hydrogen-bond donors (Lipinski definition) is 0. The van der Waals surface area contributed by atoms with Crippen molar-refractivity contribution in [1.82, 2.24) is 0 Å². The maximum absolute atomic E-state index is 13.2. The van der Waals surface area contributed by atoms with Crippen LogP contribution in [-0.4, -0.2) is 6.29 Å². The van der Waals surface area contributed by atoms with Crippen LogP contribution in [0, 0.1) is 17.1 Å². The van der Waals surface area contributed by atoms with Gasteiger partial charge in [0.2, 0.25) is 0 Å². The number of aldehydes is 1. The van der Waals surface area contributed by atoms with Crippen LogP contribution in [0.1, 0.15) is 21.5 Å². The normalized spacial score (nSPS) is 9.68. The number of hydrogen-bond acceptors (Lipinski definition) is 3. The van der Waals surface area contributed by atoms with Crippen molar-refractivity contribution in [2.45, 2.75) is 6.61 Å². The van der Waals surface area contributed by atoms with Gasteiger partial charge in [0, 0.05) is 11.6 Å². The molecule has 0 atom stereocenters. The zero-order valence-corrected chi connectivity index (χ0v) is 9.97. The molecule has 2 aromatic rings. The SMILES string of the molecule is N#Cc1cccc(COc2cc(F)cc(C=O)c2)c1. The van der Waals surface area contributed by atoms with Crippen molar-refractivity contribution in [3.05, 3.63) is 65.0 Å². The highest BCUT2D eigenvalue weighted by Gasteiger charge is 2.02. The van der Waals surface area contributed by atoms with Gasteiger partial charge in [-0.25, -0.2) is 4.39 Å². The van der Waals surface area contributed by atoms with Crippen molar-refractivity contribution in [3.8, 4) is 11.8 Å². The molecular weight excluding hydrogens is 245 g/mol. The third-order valence-electron chi connectivity index (χ3n) is 2.49. The van der Waals surface area contributed by atoms with Crippen LogP contribution >= 0.6 is 0 Å². The van der Waals surface area contributed by atoms with Crippen LogP contribution in [0.15, 0.2) is 42.5 Å². The maximum atomic E-state index is 13.2. The van der Waals surface area contributed by atoms with Gasteiger partial charge in [0.25, 0.3) is 0 Å². The zero-order valence-electron chi connectivity index (χ0n) is 9.97. The first-order valence-electron chi connectivity index (χ1n) is 5.59. The Morgan fingerprint density at radius 3 is 2.84 bits per heavy atom. The van der Waals surface area contributed by atoms with E-state index in [2.05, 4.69) is 0 Å². The van der Waals surface area contributed by atoms with Gasteiger partial charge in [-0.05, 0) is 29.8 Å². The van der Waals surface area contributed by atoms with E-state index in [1.165, 1.54) is 12.1 Å². The lowest BCUT2D eigenvalue weighted by molar-refractivity contribution is 0.112. The van der Waals surface area contributed by atoms with Gasteiger partial charge in [-0.15, -0.1) is 0 Å². The molecule has 0 aromatic heterocycles. The first-order chi connectivity index (χ1) is 9.21. The second kappa shape index (κ2) is 5.78. The van der Waals surface area contributed by atoms with Crippen molar-refractivity contribution in [2.75, 3.05) is 0 Å². The van der Waals surface area contributed by atoms with Crippen LogP contribution in [0.25, 0.3) is 0 Å². The number of carbonyl (C=O) groups excluding carboxylic acids is 1. The average Bonchev–Trinajstić information content (AvgIpc) is 2.44. The summed E-state index contributed by atoms with van der Waals surface area (Å²) in [6.07, 6.45) is 0.562. The highest BCUT2D eigenvalue weighted by Crippen LogP contribution is 2.17. The highest BCUT2D eigenvalue weighted by molar-refractivity contribution is 5.75. The Labute approximate surface area is 109 Å². The van der Waals surface area contributed by atoms with Crippen molar-refractivity contribution in [2.24, 2.45) is 0 Å². The summed E-state index contributed by atoms with van der Waals surface area (Å²) >= 11 is 0. The van der Waals surface area contributed by atoms with Crippen molar-refractivity contribution in [3.63, 3.8) is 0 Å². The van der Waals surface area contributed by atoms with E-state index in [9.17, 15) is 9.18 Å². The molecule has 0 saturated heterocycles.